The number of carbonyl (C=O) groups excluding carboxylic acids is 1. The van der Waals surface area contributed by atoms with Gasteiger partial charge in [-0.1, -0.05) is 12.1 Å². The number of ether oxygens (including phenoxy) is 2. The number of benzene rings is 1. The number of fused-ring (bicyclic) bond motifs is 1. The van der Waals surface area contributed by atoms with Crippen molar-refractivity contribution in [1.82, 2.24) is 5.32 Å². The molecular weight excluding hydrogens is 238 g/mol. The van der Waals surface area contributed by atoms with Crippen LogP contribution in [0.5, 0.6) is 11.5 Å². The van der Waals surface area contributed by atoms with E-state index in [0.717, 1.165) is 0 Å². The monoisotopic (exact) mass is 251 g/mol. The lowest BCUT2D eigenvalue weighted by molar-refractivity contribution is -0.143. The summed E-state index contributed by atoms with van der Waals surface area (Å²) in [4.78, 5) is 22.4. The summed E-state index contributed by atoms with van der Waals surface area (Å²) in [5.74, 6) is -0.542. The number of carbonyl (C=O) groups is 2. The fraction of sp³-hybridized carbons (Fsp3) is 0.333. The first-order valence-electron chi connectivity index (χ1n) is 5.49. The van der Waals surface area contributed by atoms with Gasteiger partial charge in [0, 0.05) is 0 Å². The third kappa shape index (κ3) is 2.53. The molecule has 1 heterocycles. The molecule has 1 aromatic carbocycles. The van der Waals surface area contributed by atoms with Gasteiger partial charge >= 0.3 is 5.97 Å². The van der Waals surface area contributed by atoms with Crippen molar-refractivity contribution in [2.24, 2.45) is 0 Å². The number of amides is 1. The summed E-state index contributed by atoms with van der Waals surface area (Å²) >= 11 is 0. The Labute approximate surface area is 104 Å². The number of para-hydroxylation sites is 2. The van der Waals surface area contributed by atoms with E-state index in [1.807, 2.05) is 0 Å². The summed E-state index contributed by atoms with van der Waals surface area (Å²) in [7, 11) is 0. The Bertz CT molecular complexity index is 473. The molecular formula is C12H13NO5. The van der Waals surface area contributed by atoms with Gasteiger partial charge in [0.25, 0.3) is 5.91 Å². The summed E-state index contributed by atoms with van der Waals surface area (Å²) in [5.41, 5.74) is 0. The molecule has 96 valence electrons. The van der Waals surface area contributed by atoms with E-state index in [1.165, 1.54) is 6.92 Å². The van der Waals surface area contributed by atoms with Crippen LogP contribution in [0, 0.1) is 0 Å². The van der Waals surface area contributed by atoms with Crippen molar-refractivity contribution in [1.29, 1.82) is 0 Å². The molecule has 0 spiro atoms. The van der Waals surface area contributed by atoms with E-state index in [9.17, 15) is 9.59 Å². The third-order valence-electron chi connectivity index (χ3n) is 2.53. The van der Waals surface area contributed by atoms with E-state index in [2.05, 4.69) is 5.32 Å². The predicted molar refractivity (Wildman–Crippen MR) is 61.6 cm³/mol. The van der Waals surface area contributed by atoms with Crippen LogP contribution in [-0.4, -0.2) is 35.7 Å². The molecule has 1 amide bonds. The Morgan fingerprint density at radius 3 is 2.72 bits per heavy atom. The zero-order chi connectivity index (χ0) is 13.1. The molecule has 2 unspecified atom stereocenters. The van der Waals surface area contributed by atoms with Crippen LogP contribution in [0.4, 0.5) is 0 Å². The molecule has 0 radical (unpaired) electrons. The minimum absolute atomic E-state index is 0.0647. The predicted octanol–water partition coefficient (Wildman–Crippen LogP) is 0.416. The summed E-state index contributed by atoms with van der Waals surface area (Å²) < 4.78 is 10.8. The summed E-state index contributed by atoms with van der Waals surface area (Å²) in [6.45, 7) is 1.45. The van der Waals surface area contributed by atoms with Gasteiger partial charge in [-0.3, -0.25) is 9.59 Å². The SMILES string of the molecule is CC(NC(=O)C1COc2ccccc2O1)C(=O)O. The van der Waals surface area contributed by atoms with Crippen LogP contribution in [0.25, 0.3) is 0 Å². The van der Waals surface area contributed by atoms with Gasteiger partial charge in [-0.25, -0.2) is 0 Å². The summed E-state index contributed by atoms with van der Waals surface area (Å²) in [6.07, 6.45) is -0.832. The number of hydrogen-bond donors (Lipinski definition) is 2. The van der Waals surface area contributed by atoms with E-state index < -0.39 is 24.0 Å². The first-order valence-corrected chi connectivity index (χ1v) is 5.49. The van der Waals surface area contributed by atoms with Gasteiger partial charge in [0.1, 0.15) is 12.6 Å². The maximum Gasteiger partial charge on any atom is 0.325 e. The highest BCUT2D eigenvalue weighted by Gasteiger charge is 2.29. The summed E-state index contributed by atoms with van der Waals surface area (Å²) in [5, 5.41) is 11.0. The normalized spacial score (nSPS) is 18.8. The van der Waals surface area contributed by atoms with Gasteiger partial charge < -0.3 is 19.9 Å². The van der Waals surface area contributed by atoms with E-state index in [1.54, 1.807) is 24.3 Å². The smallest absolute Gasteiger partial charge is 0.325 e. The van der Waals surface area contributed by atoms with E-state index >= 15 is 0 Å². The van der Waals surface area contributed by atoms with Crippen LogP contribution in [-0.2, 0) is 9.59 Å². The lowest BCUT2D eigenvalue weighted by atomic mass is 10.2. The number of rotatable bonds is 3. The van der Waals surface area contributed by atoms with Crippen LogP contribution >= 0.6 is 0 Å². The van der Waals surface area contributed by atoms with Crippen molar-refractivity contribution in [2.45, 2.75) is 19.1 Å². The highest BCUT2D eigenvalue weighted by molar-refractivity contribution is 5.86. The average Bonchev–Trinajstić information content (AvgIpc) is 2.37. The lowest BCUT2D eigenvalue weighted by Gasteiger charge is -2.26. The number of carboxylic acid groups (broad SMARTS) is 1. The molecule has 6 nitrogen and oxygen atoms in total. The largest absolute Gasteiger partial charge is 0.485 e. The van der Waals surface area contributed by atoms with Gasteiger partial charge in [0.15, 0.2) is 11.5 Å². The van der Waals surface area contributed by atoms with Crippen LogP contribution in [0.2, 0.25) is 0 Å². The first kappa shape index (κ1) is 12.2. The summed E-state index contributed by atoms with van der Waals surface area (Å²) in [6, 6.07) is 6.04. The minimum Gasteiger partial charge on any atom is -0.485 e. The standard InChI is InChI=1S/C12H13NO5/c1-7(12(15)16)13-11(14)10-6-17-8-4-2-3-5-9(8)18-10/h2-5,7,10H,6H2,1H3,(H,13,14)(H,15,16). The van der Waals surface area contributed by atoms with Crippen molar-refractivity contribution < 1.29 is 24.2 Å². The molecule has 0 bridgehead atoms. The van der Waals surface area contributed by atoms with Crippen molar-refractivity contribution in [3.63, 3.8) is 0 Å². The number of nitrogens with one attached hydrogen (secondary N) is 1. The zero-order valence-corrected chi connectivity index (χ0v) is 9.75. The molecule has 0 saturated carbocycles. The van der Waals surface area contributed by atoms with Crippen LogP contribution in [0.3, 0.4) is 0 Å². The van der Waals surface area contributed by atoms with E-state index in [4.69, 9.17) is 14.6 Å². The van der Waals surface area contributed by atoms with Crippen molar-refractivity contribution in [3.05, 3.63) is 24.3 Å². The molecule has 1 aliphatic heterocycles. The van der Waals surface area contributed by atoms with Crippen LogP contribution in [0.1, 0.15) is 6.92 Å². The number of carboxylic acids is 1. The van der Waals surface area contributed by atoms with E-state index in [0.29, 0.717) is 11.5 Å². The molecule has 0 fully saturated rings. The topological polar surface area (TPSA) is 84.9 Å². The fourth-order valence-electron chi connectivity index (χ4n) is 1.52. The molecule has 2 N–H and O–H groups in total. The maximum absolute atomic E-state index is 11.7. The van der Waals surface area contributed by atoms with Crippen LogP contribution in [0.15, 0.2) is 24.3 Å². The molecule has 1 aliphatic rings. The second-order valence-corrected chi connectivity index (χ2v) is 3.93. The zero-order valence-electron chi connectivity index (χ0n) is 9.75. The number of aliphatic carboxylic acids is 1. The molecule has 2 rings (SSSR count). The Kier molecular flexibility index (Phi) is 3.36. The molecule has 2 atom stereocenters. The molecule has 0 aromatic heterocycles. The second kappa shape index (κ2) is 4.95. The highest BCUT2D eigenvalue weighted by atomic mass is 16.6. The molecule has 0 aliphatic carbocycles. The first-order chi connectivity index (χ1) is 8.58. The highest BCUT2D eigenvalue weighted by Crippen LogP contribution is 2.30. The van der Waals surface area contributed by atoms with Crippen LogP contribution < -0.4 is 14.8 Å². The second-order valence-electron chi connectivity index (χ2n) is 3.93. The van der Waals surface area contributed by atoms with E-state index in [-0.39, 0.29) is 6.61 Å². The van der Waals surface area contributed by atoms with Gasteiger partial charge in [0.05, 0.1) is 0 Å². The lowest BCUT2D eigenvalue weighted by Crippen LogP contribution is -2.49. The Balaban J connectivity index is 2.00. The fourth-order valence-corrected chi connectivity index (χ4v) is 1.52. The van der Waals surface area contributed by atoms with Gasteiger partial charge in [0.2, 0.25) is 6.10 Å². The van der Waals surface area contributed by atoms with Gasteiger partial charge in [-0.05, 0) is 19.1 Å². The third-order valence-corrected chi connectivity index (χ3v) is 2.53. The van der Waals surface area contributed by atoms with Crippen molar-refractivity contribution in [3.8, 4) is 11.5 Å². The maximum atomic E-state index is 11.7. The average molecular weight is 251 g/mol. The van der Waals surface area contributed by atoms with Gasteiger partial charge in [-0.2, -0.15) is 0 Å². The van der Waals surface area contributed by atoms with Crippen molar-refractivity contribution >= 4 is 11.9 Å². The minimum atomic E-state index is -1.10. The Morgan fingerprint density at radius 1 is 1.39 bits per heavy atom. The van der Waals surface area contributed by atoms with Crippen molar-refractivity contribution in [2.75, 3.05) is 6.61 Å². The molecule has 6 heteroatoms. The number of hydrogen-bond acceptors (Lipinski definition) is 4. The Morgan fingerprint density at radius 2 is 2.06 bits per heavy atom. The van der Waals surface area contributed by atoms with Gasteiger partial charge in [-0.15, -0.1) is 0 Å². The molecule has 0 saturated heterocycles. The molecule has 1 aromatic rings. The quantitative estimate of drug-likeness (QED) is 0.813. The Hall–Kier alpha value is -2.24. The molecule has 18 heavy (non-hydrogen) atoms.